The Bertz CT molecular complexity index is 224. The van der Waals surface area contributed by atoms with Gasteiger partial charge in [-0.05, 0) is 17.4 Å². The van der Waals surface area contributed by atoms with Crippen LogP contribution in [0.15, 0.2) is 11.6 Å². The summed E-state index contributed by atoms with van der Waals surface area (Å²) in [5.74, 6) is 0.695. The first-order valence-electron chi connectivity index (χ1n) is 5.73. The largest absolute Gasteiger partial charge is 0.378 e. The van der Waals surface area contributed by atoms with E-state index in [1.165, 1.54) is 5.57 Å². The van der Waals surface area contributed by atoms with Crippen LogP contribution in [0.1, 0.15) is 27.7 Å². The molecule has 0 saturated heterocycles. The Kier molecular flexibility index (Phi) is 4.77. The van der Waals surface area contributed by atoms with E-state index in [-0.39, 0.29) is 12.0 Å². The molecule has 0 aromatic rings. The number of ether oxygens (including phenoxy) is 1. The summed E-state index contributed by atoms with van der Waals surface area (Å²) >= 11 is 0. The van der Waals surface area contributed by atoms with Gasteiger partial charge in [-0.3, -0.25) is 5.32 Å². The van der Waals surface area contributed by atoms with Crippen molar-refractivity contribution in [1.29, 1.82) is 0 Å². The van der Waals surface area contributed by atoms with Gasteiger partial charge in [0.15, 0.2) is 0 Å². The van der Waals surface area contributed by atoms with Crippen LogP contribution in [0.3, 0.4) is 0 Å². The summed E-state index contributed by atoms with van der Waals surface area (Å²) in [7, 11) is 0. The average molecular weight is 213 g/mol. The molecule has 1 rings (SSSR count). The Morgan fingerprint density at radius 1 is 1.27 bits per heavy atom. The Labute approximate surface area is 92.5 Å². The number of aliphatic hydroxyl groups is 1. The molecule has 0 radical (unpaired) electrons. The molecule has 2 atom stereocenters. The fourth-order valence-corrected chi connectivity index (χ4v) is 1.72. The maximum atomic E-state index is 9.83. The molecule has 1 aliphatic heterocycles. The highest BCUT2D eigenvalue weighted by Gasteiger charge is 2.23. The quantitative estimate of drug-likeness (QED) is 0.537. The van der Waals surface area contributed by atoms with Crippen LogP contribution >= 0.6 is 0 Å². The number of nitrogens with one attached hydrogen (secondary N) is 1. The van der Waals surface area contributed by atoms with E-state index in [0.29, 0.717) is 19.1 Å². The van der Waals surface area contributed by atoms with Crippen molar-refractivity contribution >= 4 is 0 Å². The zero-order valence-electron chi connectivity index (χ0n) is 10.2. The molecule has 15 heavy (non-hydrogen) atoms. The highest BCUT2D eigenvalue weighted by molar-refractivity contribution is 5.16. The second kappa shape index (κ2) is 5.64. The molecular weight excluding hydrogens is 190 g/mol. The fraction of sp³-hybridized carbons (Fsp3) is 0.833. The monoisotopic (exact) mass is 213 g/mol. The first-order valence-corrected chi connectivity index (χ1v) is 5.73. The molecule has 0 spiro atoms. The molecule has 0 aromatic heterocycles. The first-order chi connectivity index (χ1) is 7.02. The van der Waals surface area contributed by atoms with Crippen molar-refractivity contribution in [3.63, 3.8) is 0 Å². The van der Waals surface area contributed by atoms with Crippen molar-refractivity contribution < 1.29 is 9.84 Å². The SMILES string of the molecule is CC(C)C(O)N[C@@H](C1=CCOC1)C(C)C. The molecular formula is C12H23NO2. The van der Waals surface area contributed by atoms with Gasteiger partial charge in [0.1, 0.15) is 6.23 Å². The molecule has 0 aliphatic carbocycles. The molecule has 0 amide bonds. The normalized spacial score (nSPS) is 20.9. The third-order valence-electron chi connectivity index (χ3n) is 2.78. The van der Waals surface area contributed by atoms with Crippen molar-refractivity contribution in [3.8, 4) is 0 Å². The zero-order valence-corrected chi connectivity index (χ0v) is 10.2. The lowest BCUT2D eigenvalue weighted by Crippen LogP contribution is -2.45. The van der Waals surface area contributed by atoms with Gasteiger partial charge in [0.25, 0.3) is 0 Å². The Morgan fingerprint density at radius 3 is 2.33 bits per heavy atom. The maximum Gasteiger partial charge on any atom is 0.107 e. The lowest BCUT2D eigenvalue weighted by molar-refractivity contribution is 0.0738. The van der Waals surface area contributed by atoms with Crippen molar-refractivity contribution in [2.24, 2.45) is 11.8 Å². The zero-order chi connectivity index (χ0) is 11.4. The summed E-state index contributed by atoms with van der Waals surface area (Å²) in [6, 6.07) is 0.227. The minimum Gasteiger partial charge on any atom is -0.378 e. The molecule has 2 N–H and O–H groups in total. The predicted octanol–water partition coefficient (Wildman–Crippen LogP) is 1.53. The summed E-state index contributed by atoms with van der Waals surface area (Å²) in [6.07, 6.45) is 1.67. The van der Waals surface area contributed by atoms with E-state index in [4.69, 9.17) is 4.74 Å². The van der Waals surface area contributed by atoms with Crippen molar-refractivity contribution in [1.82, 2.24) is 5.32 Å². The maximum absolute atomic E-state index is 9.83. The molecule has 1 aliphatic rings. The summed E-state index contributed by atoms with van der Waals surface area (Å²) in [4.78, 5) is 0. The Balaban J connectivity index is 2.58. The van der Waals surface area contributed by atoms with Gasteiger partial charge in [0, 0.05) is 6.04 Å². The third kappa shape index (κ3) is 3.59. The van der Waals surface area contributed by atoms with Crippen LogP contribution in [-0.2, 0) is 4.74 Å². The predicted molar refractivity (Wildman–Crippen MR) is 61.5 cm³/mol. The van der Waals surface area contributed by atoms with Gasteiger partial charge in [0.05, 0.1) is 13.2 Å². The van der Waals surface area contributed by atoms with E-state index in [1.807, 2.05) is 13.8 Å². The van der Waals surface area contributed by atoms with E-state index in [2.05, 4.69) is 25.2 Å². The summed E-state index contributed by atoms with van der Waals surface area (Å²) in [5.41, 5.74) is 1.27. The standard InChI is InChI=1S/C12H23NO2/c1-8(2)11(10-5-6-15-7-10)13-12(14)9(3)4/h5,8-9,11-14H,6-7H2,1-4H3/t11-,12?/m1/s1. The Morgan fingerprint density at radius 2 is 1.93 bits per heavy atom. The average Bonchev–Trinajstić information content (AvgIpc) is 2.65. The number of hydrogen-bond donors (Lipinski definition) is 2. The van der Waals surface area contributed by atoms with Crippen LogP contribution in [0.5, 0.6) is 0 Å². The molecule has 1 heterocycles. The molecule has 1 unspecified atom stereocenters. The van der Waals surface area contributed by atoms with Crippen molar-refractivity contribution in [3.05, 3.63) is 11.6 Å². The van der Waals surface area contributed by atoms with Crippen LogP contribution in [0.2, 0.25) is 0 Å². The van der Waals surface area contributed by atoms with E-state index in [1.54, 1.807) is 0 Å². The van der Waals surface area contributed by atoms with Gasteiger partial charge in [-0.2, -0.15) is 0 Å². The van der Waals surface area contributed by atoms with Gasteiger partial charge < -0.3 is 9.84 Å². The number of hydrogen-bond acceptors (Lipinski definition) is 3. The second-order valence-corrected chi connectivity index (χ2v) is 4.87. The second-order valence-electron chi connectivity index (χ2n) is 4.87. The van der Waals surface area contributed by atoms with Crippen LogP contribution in [0.4, 0.5) is 0 Å². The van der Waals surface area contributed by atoms with E-state index >= 15 is 0 Å². The minimum absolute atomic E-state index is 0.227. The Hall–Kier alpha value is -0.380. The van der Waals surface area contributed by atoms with Crippen LogP contribution in [-0.4, -0.2) is 30.6 Å². The van der Waals surface area contributed by atoms with Gasteiger partial charge in [0.2, 0.25) is 0 Å². The first kappa shape index (κ1) is 12.7. The summed E-state index contributed by atoms with van der Waals surface area (Å²) < 4.78 is 5.32. The van der Waals surface area contributed by atoms with Crippen LogP contribution < -0.4 is 5.32 Å². The molecule has 88 valence electrons. The van der Waals surface area contributed by atoms with Gasteiger partial charge in [-0.25, -0.2) is 0 Å². The number of rotatable bonds is 5. The molecule has 0 bridgehead atoms. The highest BCUT2D eigenvalue weighted by Crippen LogP contribution is 2.18. The van der Waals surface area contributed by atoms with E-state index in [9.17, 15) is 5.11 Å². The van der Waals surface area contributed by atoms with Crippen molar-refractivity contribution in [2.75, 3.05) is 13.2 Å². The highest BCUT2D eigenvalue weighted by atomic mass is 16.5. The molecule has 0 saturated carbocycles. The van der Waals surface area contributed by atoms with Gasteiger partial charge >= 0.3 is 0 Å². The number of aliphatic hydroxyl groups excluding tert-OH is 1. The smallest absolute Gasteiger partial charge is 0.107 e. The summed E-state index contributed by atoms with van der Waals surface area (Å²) in [6.45, 7) is 9.73. The molecule has 3 heteroatoms. The molecule has 0 fully saturated rings. The van der Waals surface area contributed by atoms with Gasteiger partial charge in [-0.1, -0.05) is 33.8 Å². The lowest BCUT2D eigenvalue weighted by atomic mass is 9.95. The van der Waals surface area contributed by atoms with Crippen molar-refractivity contribution in [2.45, 2.75) is 40.0 Å². The molecule has 3 nitrogen and oxygen atoms in total. The van der Waals surface area contributed by atoms with E-state index in [0.717, 1.165) is 0 Å². The molecule has 0 aromatic carbocycles. The van der Waals surface area contributed by atoms with E-state index < -0.39 is 6.23 Å². The van der Waals surface area contributed by atoms with Gasteiger partial charge in [-0.15, -0.1) is 0 Å². The summed E-state index contributed by atoms with van der Waals surface area (Å²) in [5, 5.41) is 13.1. The fourth-order valence-electron chi connectivity index (χ4n) is 1.72. The minimum atomic E-state index is -0.445. The van der Waals surface area contributed by atoms with Crippen LogP contribution in [0, 0.1) is 11.8 Å². The third-order valence-corrected chi connectivity index (χ3v) is 2.78. The topological polar surface area (TPSA) is 41.5 Å². The lowest BCUT2D eigenvalue weighted by Gasteiger charge is -2.28. The van der Waals surface area contributed by atoms with Crippen LogP contribution in [0.25, 0.3) is 0 Å².